The van der Waals surface area contributed by atoms with Crippen LogP contribution in [0.3, 0.4) is 0 Å². The summed E-state index contributed by atoms with van der Waals surface area (Å²) >= 11 is 0. The zero-order valence-corrected chi connectivity index (χ0v) is 9.83. The fourth-order valence-electron chi connectivity index (χ4n) is 1.80. The summed E-state index contributed by atoms with van der Waals surface area (Å²) in [6, 6.07) is 6.41. The molecule has 0 bridgehead atoms. The Morgan fingerprint density at radius 2 is 1.93 bits per heavy atom. The van der Waals surface area contributed by atoms with Crippen LogP contribution in [0.5, 0.6) is 0 Å². The van der Waals surface area contributed by atoms with Gasteiger partial charge in [-0.2, -0.15) is 0 Å². The molecule has 15 heavy (non-hydrogen) atoms. The smallest absolute Gasteiger partial charge is 0.0518 e. The second-order valence-corrected chi connectivity index (χ2v) is 4.36. The van der Waals surface area contributed by atoms with E-state index >= 15 is 0 Å². The minimum Gasteiger partial charge on any atom is -0.393 e. The van der Waals surface area contributed by atoms with Gasteiger partial charge in [-0.3, -0.25) is 0 Å². The van der Waals surface area contributed by atoms with Gasteiger partial charge in [0, 0.05) is 0 Å². The van der Waals surface area contributed by atoms with Gasteiger partial charge in [-0.05, 0) is 56.3 Å². The Labute approximate surface area is 92.1 Å². The average Bonchev–Trinajstić information content (AvgIpc) is 2.18. The molecule has 0 spiro atoms. The van der Waals surface area contributed by atoms with E-state index in [-0.39, 0.29) is 12.0 Å². The van der Waals surface area contributed by atoms with E-state index in [0.29, 0.717) is 6.54 Å². The highest BCUT2D eigenvalue weighted by molar-refractivity contribution is 5.32. The van der Waals surface area contributed by atoms with Crippen molar-refractivity contribution in [3.63, 3.8) is 0 Å². The van der Waals surface area contributed by atoms with Crippen LogP contribution in [-0.2, 0) is 0 Å². The first kappa shape index (κ1) is 12.2. The van der Waals surface area contributed by atoms with Crippen LogP contribution in [-0.4, -0.2) is 17.8 Å². The predicted molar refractivity (Wildman–Crippen MR) is 64.0 cm³/mol. The van der Waals surface area contributed by atoms with E-state index in [4.69, 9.17) is 5.73 Å². The zero-order valence-electron chi connectivity index (χ0n) is 9.83. The Kier molecular flexibility index (Phi) is 4.30. The van der Waals surface area contributed by atoms with E-state index in [9.17, 15) is 5.11 Å². The van der Waals surface area contributed by atoms with Crippen molar-refractivity contribution < 1.29 is 5.11 Å². The van der Waals surface area contributed by atoms with E-state index in [1.165, 1.54) is 16.7 Å². The van der Waals surface area contributed by atoms with Crippen LogP contribution in [0.4, 0.5) is 0 Å². The first-order chi connectivity index (χ1) is 7.04. The van der Waals surface area contributed by atoms with E-state index in [1.807, 2.05) is 6.92 Å². The third-order valence-electron chi connectivity index (χ3n) is 2.91. The maximum atomic E-state index is 9.38. The van der Waals surface area contributed by atoms with Gasteiger partial charge in [0.15, 0.2) is 0 Å². The molecular weight excluding hydrogens is 186 g/mol. The van der Waals surface area contributed by atoms with Crippen molar-refractivity contribution in [2.45, 2.75) is 39.2 Å². The number of hydrogen-bond acceptors (Lipinski definition) is 2. The van der Waals surface area contributed by atoms with Crippen LogP contribution in [0.15, 0.2) is 18.2 Å². The highest BCUT2D eigenvalue weighted by Gasteiger charge is 2.12. The maximum absolute atomic E-state index is 9.38. The molecule has 84 valence electrons. The van der Waals surface area contributed by atoms with E-state index in [2.05, 4.69) is 32.0 Å². The molecule has 0 aliphatic rings. The van der Waals surface area contributed by atoms with Gasteiger partial charge >= 0.3 is 0 Å². The lowest BCUT2D eigenvalue weighted by Gasteiger charge is -2.18. The molecule has 0 radical (unpaired) electrons. The van der Waals surface area contributed by atoms with Gasteiger partial charge in [-0.25, -0.2) is 0 Å². The van der Waals surface area contributed by atoms with E-state index in [0.717, 1.165) is 6.42 Å². The summed E-state index contributed by atoms with van der Waals surface area (Å²) in [5.41, 5.74) is 9.55. The first-order valence-corrected chi connectivity index (χ1v) is 5.50. The molecule has 0 saturated carbocycles. The molecule has 1 rings (SSSR count). The number of hydrogen-bond donors (Lipinski definition) is 2. The Hall–Kier alpha value is -0.860. The Bertz CT molecular complexity index is 320. The third kappa shape index (κ3) is 3.33. The second kappa shape index (κ2) is 5.29. The minimum absolute atomic E-state index is 0.268. The van der Waals surface area contributed by atoms with E-state index < -0.39 is 0 Å². The molecule has 3 N–H and O–H groups in total. The number of aryl methyl sites for hydroxylation is 2. The normalized spacial score (nSPS) is 15.0. The van der Waals surface area contributed by atoms with Crippen LogP contribution in [0.2, 0.25) is 0 Å². The molecule has 0 aliphatic carbocycles. The van der Waals surface area contributed by atoms with Crippen molar-refractivity contribution in [3.8, 4) is 0 Å². The van der Waals surface area contributed by atoms with Gasteiger partial charge < -0.3 is 10.8 Å². The molecule has 0 amide bonds. The van der Waals surface area contributed by atoms with Crippen LogP contribution in [0, 0.1) is 13.8 Å². The predicted octanol–water partition coefficient (Wildman–Crippen LogP) is 2.12. The summed E-state index contributed by atoms with van der Waals surface area (Å²) in [6.45, 7) is 6.61. The van der Waals surface area contributed by atoms with Gasteiger partial charge in [0.1, 0.15) is 0 Å². The van der Waals surface area contributed by atoms with Crippen LogP contribution in [0.1, 0.15) is 36.0 Å². The molecule has 1 aromatic carbocycles. The number of aliphatic hydroxyl groups excluding tert-OH is 1. The average molecular weight is 207 g/mol. The van der Waals surface area contributed by atoms with Crippen molar-refractivity contribution in [1.29, 1.82) is 0 Å². The Balaban J connectivity index is 2.87. The van der Waals surface area contributed by atoms with Crippen molar-refractivity contribution in [1.82, 2.24) is 0 Å². The van der Waals surface area contributed by atoms with Crippen molar-refractivity contribution in [2.24, 2.45) is 5.73 Å². The molecule has 2 atom stereocenters. The zero-order chi connectivity index (χ0) is 11.4. The fraction of sp³-hybridized carbons (Fsp3) is 0.538. The molecule has 1 aromatic rings. The van der Waals surface area contributed by atoms with Gasteiger partial charge in [0.2, 0.25) is 0 Å². The SMILES string of the molecule is Cc1ccc(C(CN)CC(C)O)cc1C. The minimum atomic E-state index is -0.292. The highest BCUT2D eigenvalue weighted by Crippen LogP contribution is 2.22. The summed E-state index contributed by atoms with van der Waals surface area (Å²) in [4.78, 5) is 0. The summed E-state index contributed by atoms with van der Waals surface area (Å²) < 4.78 is 0. The van der Waals surface area contributed by atoms with Gasteiger partial charge in [0.25, 0.3) is 0 Å². The molecule has 0 aliphatic heterocycles. The number of benzene rings is 1. The fourth-order valence-corrected chi connectivity index (χ4v) is 1.80. The van der Waals surface area contributed by atoms with Crippen LogP contribution in [0.25, 0.3) is 0 Å². The maximum Gasteiger partial charge on any atom is 0.0518 e. The Morgan fingerprint density at radius 3 is 2.40 bits per heavy atom. The van der Waals surface area contributed by atoms with Crippen molar-refractivity contribution >= 4 is 0 Å². The summed E-state index contributed by atoms with van der Waals surface area (Å²) in [7, 11) is 0. The van der Waals surface area contributed by atoms with Crippen LogP contribution >= 0.6 is 0 Å². The molecule has 0 fully saturated rings. The summed E-state index contributed by atoms with van der Waals surface area (Å²) in [5, 5.41) is 9.38. The second-order valence-electron chi connectivity index (χ2n) is 4.36. The molecule has 0 aromatic heterocycles. The Morgan fingerprint density at radius 1 is 1.27 bits per heavy atom. The summed E-state index contributed by atoms with van der Waals surface area (Å²) in [6.07, 6.45) is 0.444. The number of aliphatic hydroxyl groups is 1. The van der Waals surface area contributed by atoms with Crippen molar-refractivity contribution in [3.05, 3.63) is 34.9 Å². The topological polar surface area (TPSA) is 46.2 Å². The molecule has 2 nitrogen and oxygen atoms in total. The third-order valence-corrected chi connectivity index (χ3v) is 2.91. The number of nitrogens with two attached hydrogens (primary N) is 1. The lowest BCUT2D eigenvalue weighted by molar-refractivity contribution is 0.175. The molecule has 2 unspecified atom stereocenters. The quantitative estimate of drug-likeness (QED) is 0.794. The van der Waals surface area contributed by atoms with Gasteiger partial charge in [0.05, 0.1) is 6.10 Å². The highest BCUT2D eigenvalue weighted by atomic mass is 16.3. The molecular formula is C13H21NO. The summed E-state index contributed by atoms with van der Waals surface area (Å²) in [5.74, 6) is 0.268. The van der Waals surface area contributed by atoms with Crippen molar-refractivity contribution in [2.75, 3.05) is 6.54 Å². The molecule has 2 heteroatoms. The van der Waals surface area contributed by atoms with Crippen LogP contribution < -0.4 is 5.73 Å². The lowest BCUT2D eigenvalue weighted by Crippen LogP contribution is -2.17. The molecule has 0 saturated heterocycles. The monoisotopic (exact) mass is 207 g/mol. The number of rotatable bonds is 4. The van der Waals surface area contributed by atoms with Gasteiger partial charge in [-0.15, -0.1) is 0 Å². The van der Waals surface area contributed by atoms with Gasteiger partial charge in [-0.1, -0.05) is 18.2 Å². The largest absolute Gasteiger partial charge is 0.393 e. The molecule has 0 heterocycles. The van der Waals surface area contributed by atoms with E-state index in [1.54, 1.807) is 0 Å². The standard InChI is InChI=1S/C13H21NO/c1-9-4-5-12(6-10(9)2)13(8-14)7-11(3)15/h4-6,11,13,15H,7-8,14H2,1-3H3. The lowest BCUT2D eigenvalue weighted by atomic mass is 9.91. The first-order valence-electron chi connectivity index (χ1n) is 5.50.